The van der Waals surface area contributed by atoms with E-state index in [1.807, 2.05) is 0 Å². The second-order valence-corrected chi connectivity index (χ2v) is 6.75. The minimum absolute atomic E-state index is 0.0197. The molecule has 1 aromatic heterocycles. The second kappa shape index (κ2) is 10.1. The van der Waals surface area contributed by atoms with E-state index in [-0.39, 0.29) is 28.4 Å². The van der Waals surface area contributed by atoms with Crippen molar-refractivity contribution >= 4 is 28.9 Å². The van der Waals surface area contributed by atoms with Crippen molar-refractivity contribution in [3.05, 3.63) is 65.7 Å². The van der Waals surface area contributed by atoms with E-state index in [4.69, 9.17) is 26.4 Å². The molecule has 0 radical (unpaired) electrons. The van der Waals surface area contributed by atoms with E-state index >= 15 is 0 Å². The summed E-state index contributed by atoms with van der Waals surface area (Å²) in [5, 5.41) is 5.17. The van der Waals surface area contributed by atoms with Crippen LogP contribution in [-0.2, 0) is 6.18 Å². The Morgan fingerprint density at radius 1 is 0.939 bits per heavy atom. The smallest absolute Gasteiger partial charge is 0.416 e. The van der Waals surface area contributed by atoms with Crippen molar-refractivity contribution in [3.8, 4) is 23.5 Å². The van der Waals surface area contributed by atoms with Gasteiger partial charge in [0, 0.05) is 11.3 Å². The molecule has 8 nitrogen and oxygen atoms in total. The summed E-state index contributed by atoms with van der Waals surface area (Å²) in [6.07, 6.45) is -4.48. The number of carbonyl (C=O) groups excluding carboxylic acids is 1. The first-order valence-corrected chi connectivity index (χ1v) is 9.63. The maximum Gasteiger partial charge on any atom is 0.416 e. The maximum absolute atomic E-state index is 12.6. The van der Waals surface area contributed by atoms with Crippen LogP contribution in [0.3, 0.4) is 0 Å². The van der Waals surface area contributed by atoms with Crippen molar-refractivity contribution in [3.63, 3.8) is 0 Å². The highest BCUT2D eigenvalue weighted by atomic mass is 32.1. The Balaban J connectivity index is 1.58. The van der Waals surface area contributed by atoms with E-state index in [9.17, 15) is 18.0 Å². The lowest BCUT2D eigenvalue weighted by Crippen LogP contribution is -2.34. The third-order valence-corrected chi connectivity index (χ3v) is 4.30. The summed E-state index contributed by atoms with van der Waals surface area (Å²) in [5.41, 5.74) is -0.284. The predicted molar refractivity (Wildman–Crippen MR) is 117 cm³/mol. The topological polar surface area (TPSA) is 94.6 Å². The third-order valence-electron chi connectivity index (χ3n) is 4.10. The lowest BCUT2D eigenvalue weighted by Gasteiger charge is -2.11. The molecule has 2 aromatic carbocycles. The fraction of sp³-hybridized carbons (Fsp3) is 0.143. The second-order valence-electron chi connectivity index (χ2n) is 6.35. The van der Waals surface area contributed by atoms with Gasteiger partial charge < -0.3 is 19.5 Å². The van der Waals surface area contributed by atoms with Crippen LogP contribution in [0.4, 0.5) is 18.9 Å². The molecule has 0 aliphatic heterocycles. The molecule has 0 saturated heterocycles. The first-order chi connectivity index (χ1) is 15.7. The molecule has 0 aliphatic rings. The summed E-state index contributed by atoms with van der Waals surface area (Å²) in [6.45, 7) is 0. The SMILES string of the molecule is COc1cc(OC)nc(Oc2ccc(NC(=S)NC(=O)c3ccc(C(F)(F)F)cc3)cc2)n1. The first-order valence-electron chi connectivity index (χ1n) is 9.22. The number of rotatable bonds is 6. The number of thiocarbonyl (C=S) groups is 1. The fourth-order valence-corrected chi connectivity index (χ4v) is 2.71. The monoisotopic (exact) mass is 478 g/mol. The highest BCUT2D eigenvalue weighted by Crippen LogP contribution is 2.29. The van der Waals surface area contributed by atoms with E-state index in [0.29, 0.717) is 11.4 Å². The first kappa shape index (κ1) is 23.7. The van der Waals surface area contributed by atoms with Gasteiger partial charge in [-0.05, 0) is 60.7 Å². The zero-order valence-electron chi connectivity index (χ0n) is 17.3. The molecule has 33 heavy (non-hydrogen) atoms. The molecule has 1 heterocycles. The van der Waals surface area contributed by atoms with Gasteiger partial charge in [0.2, 0.25) is 11.8 Å². The van der Waals surface area contributed by atoms with Crippen molar-refractivity contribution in [1.82, 2.24) is 15.3 Å². The molecule has 0 fully saturated rings. The molecular weight excluding hydrogens is 461 g/mol. The molecule has 2 N–H and O–H groups in total. The van der Waals surface area contributed by atoms with Crippen LogP contribution in [-0.4, -0.2) is 35.2 Å². The van der Waals surface area contributed by atoms with Crippen LogP contribution in [0.15, 0.2) is 54.6 Å². The number of aromatic nitrogens is 2. The summed E-state index contributed by atoms with van der Waals surface area (Å²) in [4.78, 5) is 20.3. The van der Waals surface area contributed by atoms with Crippen molar-refractivity contribution in [2.75, 3.05) is 19.5 Å². The molecule has 1 amide bonds. The zero-order valence-corrected chi connectivity index (χ0v) is 18.1. The minimum atomic E-state index is -4.48. The molecule has 172 valence electrons. The van der Waals surface area contributed by atoms with Crippen LogP contribution < -0.4 is 24.8 Å². The molecule has 12 heteroatoms. The van der Waals surface area contributed by atoms with Gasteiger partial charge in [-0.3, -0.25) is 10.1 Å². The Labute approximate surface area is 191 Å². The van der Waals surface area contributed by atoms with Gasteiger partial charge in [0.1, 0.15) is 5.75 Å². The average Bonchev–Trinajstić information content (AvgIpc) is 2.79. The lowest BCUT2D eigenvalue weighted by molar-refractivity contribution is -0.137. The molecule has 0 unspecified atom stereocenters. The number of methoxy groups -OCH3 is 2. The number of carbonyl (C=O) groups is 1. The standard InChI is InChI=1S/C21H17F3N4O4S/c1-30-16-11-17(31-2)27-19(26-16)32-15-9-7-14(8-10-15)25-20(33)28-18(29)12-3-5-13(6-4-12)21(22,23)24/h3-11H,1-2H3,(H2,25,28,29,33). The van der Waals surface area contributed by atoms with E-state index in [1.54, 1.807) is 24.3 Å². The van der Waals surface area contributed by atoms with Crippen molar-refractivity contribution in [1.29, 1.82) is 0 Å². The van der Waals surface area contributed by atoms with Crippen LogP contribution in [0, 0.1) is 0 Å². The van der Waals surface area contributed by atoms with Crippen LogP contribution >= 0.6 is 12.2 Å². The highest BCUT2D eigenvalue weighted by Gasteiger charge is 2.30. The number of halogens is 3. The molecule has 0 aliphatic carbocycles. The van der Waals surface area contributed by atoms with Crippen LogP contribution in [0.25, 0.3) is 0 Å². The van der Waals surface area contributed by atoms with Crippen molar-refractivity contribution < 1.29 is 32.2 Å². The van der Waals surface area contributed by atoms with Crippen LogP contribution in [0.2, 0.25) is 0 Å². The quantitative estimate of drug-likeness (QED) is 0.503. The van der Waals surface area contributed by atoms with Gasteiger partial charge in [-0.2, -0.15) is 23.1 Å². The van der Waals surface area contributed by atoms with Gasteiger partial charge in [-0.1, -0.05) is 0 Å². The Kier molecular flexibility index (Phi) is 7.28. The minimum Gasteiger partial charge on any atom is -0.481 e. The Bertz CT molecular complexity index is 1120. The Hall–Kier alpha value is -3.93. The van der Waals surface area contributed by atoms with E-state index in [2.05, 4.69) is 20.6 Å². The number of anilines is 1. The number of alkyl halides is 3. The Morgan fingerprint density at radius 3 is 2.03 bits per heavy atom. The third kappa shape index (κ3) is 6.53. The van der Waals surface area contributed by atoms with E-state index in [0.717, 1.165) is 24.3 Å². The van der Waals surface area contributed by atoms with Gasteiger partial charge in [0.15, 0.2) is 5.11 Å². The van der Waals surface area contributed by atoms with Gasteiger partial charge in [-0.25, -0.2) is 0 Å². The van der Waals surface area contributed by atoms with Crippen LogP contribution in [0.5, 0.6) is 23.5 Å². The largest absolute Gasteiger partial charge is 0.481 e. The summed E-state index contributed by atoms with van der Waals surface area (Å²) < 4.78 is 53.6. The number of hydrogen-bond donors (Lipinski definition) is 2. The molecular formula is C21H17F3N4O4S. The summed E-state index contributed by atoms with van der Waals surface area (Å²) in [6, 6.07) is 11.8. The number of ether oxygens (including phenoxy) is 3. The molecule has 0 spiro atoms. The van der Waals surface area contributed by atoms with Gasteiger partial charge in [0.25, 0.3) is 5.91 Å². The van der Waals surface area contributed by atoms with Crippen molar-refractivity contribution in [2.45, 2.75) is 6.18 Å². The lowest BCUT2D eigenvalue weighted by atomic mass is 10.1. The molecule has 0 saturated carbocycles. The number of nitrogens with one attached hydrogen (secondary N) is 2. The number of benzene rings is 2. The number of hydrogen-bond acceptors (Lipinski definition) is 7. The molecule has 0 bridgehead atoms. The molecule has 3 rings (SSSR count). The predicted octanol–water partition coefficient (Wildman–Crippen LogP) is 4.43. The summed E-state index contributed by atoms with van der Waals surface area (Å²) >= 11 is 5.09. The van der Waals surface area contributed by atoms with Gasteiger partial charge in [0.05, 0.1) is 25.8 Å². The number of amides is 1. The summed E-state index contributed by atoms with van der Waals surface area (Å²) in [7, 11) is 2.90. The number of nitrogens with zero attached hydrogens (tertiary/aromatic N) is 2. The zero-order chi connectivity index (χ0) is 24.0. The average molecular weight is 478 g/mol. The highest BCUT2D eigenvalue weighted by molar-refractivity contribution is 7.80. The van der Waals surface area contributed by atoms with Gasteiger partial charge >= 0.3 is 12.2 Å². The maximum atomic E-state index is 12.6. The van der Waals surface area contributed by atoms with Crippen LogP contribution in [0.1, 0.15) is 15.9 Å². The van der Waals surface area contributed by atoms with E-state index in [1.165, 1.54) is 20.3 Å². The fourth-order valence-electron chi connectivity index (χ4n) is 2.50. The normalized spacial score (nSPS) is 10.8. The molecule has 0 atom stereocenters. The Morgan fingerprint density at radius 2 is 1.52 bits per heavy atom. The van der Waals surface area contributed by atoms with Crippen molar-refractivity contribution in [2.24, 2.45) is 0 Å². The summed E-state index contributed by atoms with van der Waals surface area (Å²) in [5.74, 6) is 0.300. The van der Waals surface area contributed by atoms with E-state index < -0.39 is 17.6 Å². The molecule has 3 aromatic rings. The van der Waals surface area contributed by atoms with Gasteiger partial charge in [-0.15, -0.1) is 0 Å².